The highest BCUT2D eigenvalue weighted by molar-refractivity contribution is 5.83. The molecule has 1 aromatic heterocycles. The summed E-state index contributed by atoms with van der Waals surface area (Å²) in [7, 11) is 0. The lowest BCUT2D eigenvalue weighted by Crippen LogP contribution is -2.25. The van der Waals surface area contributed by atoms with Gasteiger partial charge >= 0.3 is 12.1 Å². The smallest absolute Gasteiger partial charge is 0.410 e. The fourth-order valence-electron chi connectivity index (χ4n) is 2.15. The highest BCUT2D eigenvalue weighted by Crippen LogP contribution is 2.40. The summed E-state index contributed by atoms with van der Waals surface area (Å²) in [4.78, 5) is 14.1. The maximum atomic E-state index is 13.3. The fraction of sp³-hybridized carbons (Fsp3) is 0.312. The maximum Gasteiger partial charge on any atom is 0.410 e. The van der Waals surface area contributed by atoms with Gasteiger partial charge in [0.2, 0.25) is 0 Å². The standard InChI is InChI=1S/C16H15F3N4O2/c1-8(15(24)25)10-4-6-11(7-5-10)12-13(21-3)14(20)23(22-12)9(2)16(17,18)19/h4-9H,20H2,1-2H3,(H,24,25)/i2D3. The topological polar surface area (TPSA) is 85.5 Å². The number of carboxylic acids is 1. The average molecular weight is 355 g/mol. The van der Waals surface area contributed by atoms with Crippen LogP contribution in [0, 0.1) is 6.57 Å². The van der Waals surface area contributed by atoms with E-state index in [1.165, 1.54) is 31.2 Å². The molecule has 0 bridgehead atoms. The van der Waals surface area contributed by atoms with Crippen molar-refractivity contribution in [3.63, 3.8) is 0 Å². The van der Waals surface area contributed by atoms with Crippen molar-refractivity contribution >= 4 is 17.5 Å². The molecule has 2 atom stereocenters. The summed E-state index contributed by atoms with van der Waals surface area (Å²) < 4.78 is 61.7. The number of nitrogens with two attached hydrogens (primary N) is 1. The first-order chi connectivity index (χ1) is 12.8. The zero-order valence-corrected chi connectivity index (χ0v) is 12.9. The second kappa shape index (κ2) is 6.47. The number of aromatic nitrogens is 2. The zero-order chi connectivity index (χ0) is 21.4. The average Bonchev–Trinajstić information content (AvgIpc) is 2.88. The Morgan fingerprint density at radius 1 is 1.44 bits per heavy atom. The number of hydrogen-bond acceptors (Lipinski definition) is 3. The lowest BCUT2D eigenvalue weighted by molar-refractivity contribution is -0.164. The third-order valence-corrected chi connectivity index (χ3v) is 3.64. The molecule has 132 valence electrons. The Balaban J connectivity index is 2.61. The monoisotopic (exact) mass is 355 g/mol. The fourth-order valence-corrected chi connectivity index (χ4v) is 2.15. The Morgan fingerprint density at radius 2 is 2.04 bits per heavy atom. The van der Waals surface area contributed by atoms with Gasteiger partial charge in [-0.25, -0.2) is 9.53 Å². The predicted octanol–water partition coefficient (Wildman–Crippen LogP) is 3.99. The number of benzene rings is 1. The Labute approximate surface area is 145 Å². The van der Waals surface area contributed by atoms with Crippen LogP contribution in [-0.2, 0) is 4.79 Å². The van der Waals surface area contributed by atoms with E-state index in [1.54, 1.807) is 0 Å². The largest absolute Gasteiger partial charge is 0.481 e. The molecular formula is C16H15F3N4O2. The highest BCUT2D eigenvalue weighted by atomic mass is 19.4. The number of anilines is 1. The number of nitrogen functional groups attached to an aromatic ring is 1. The number of hydrogen-bond donors (Lipinski definition) is 2. The normalized spacial score (nSPS) is 16.2. The van der Waals surface area contributed by atoms with Gasteiger partial charge in [-0.05, 0) is 24.9 Å². The first-order valence-electron chi connectivity index (χ1n) is 8.44. The van der Waals surface area contributed by atoms with Crippen LogP contribution in [0.4, 0.5) is 24.7 Å². The number of alkyl halides is 3. The van der Waals surface area contributed by atoms with Crippen molar-refractivity contribution in [3.05, 3.63) is 41.2 Å². The molecule has 0 fully saturated rings. The molecule has 0 spiro atoms. The van der Waals surface area contributed by atoms with Crippen LogP contribution in [0.3, 0.4) is 0 Å². The van der Waals surface area contributed by atoms with Crippen LogP contribution in [0.2, 0.25) is 0 Å². The van der Waals surface area contributed by atoms with E-state index in [9.17, 15) is 18.0 Å². The molecule has 9 heteroatoms. The lowest BCUT2D eigenvalue weighted by Gasteiger charge is -2.17. The van der Waals surface area contributed by atoms with Crippen molar-refractivity contribution in [2.24, 2.45) is 0 Å². The molecule has 0 saturated heterocycles. The number of nitrogens with zero attached hydrogens (tertiary/aromatic N) is 3. The van der Waals surface area contributed by atoms with E-state index in [1.807, 2.05) is 0 Å². The van der Waals surface area contributed by atoms with Crippen LogP contribution in [0.15, 0.2) is 24.3 Å². The molecular weight excluding hydrogens is 337 g/mol. The van der Waals surface area contributed by atoms with Gasteiger partial charge in [0, 0.05) is 4.11 Å². The summed E-state index contributed by atoms with van der Waals surface area (Å²) in [5.74, 6) is -2.59. The second-order valence-electron chi connectivity index (χ2n) is 5.26. The minimum absolute atomic E-state index is 0.101. The summed E-state index contributed by atoms with van der Waals surface area (Å²) in [6.45, 7) is 5.17. The molecule has 0 amide bonds. The van der Waals surface area contributed by atoms with E-state index in [-0.39, 0.29) is 15.9 Å². The van der Waals surface area contributed by atoms with Crippen molar-refractivity contribution in [2.45, 2.75) is 31.9 Å². The number of rotatable bonds is 4. The van der Waals surface area contributed by atoms with Gasteiger partial charge in [0.15, 0.2) is 0 Å². The van der Waals surface area contributed by atoms with Gasteiger partial charge in [-0.15, -0.1) is 0 Å². The molecule has 2 unspecified atom stereocenters. The minimum atomic E-state index is -5.18. The summed E-state index contributed by atoms with van der Waals surface area (Å²) in [6.07, 6.45) is -5.18. The lowest BCUT2D eigenvalue weighted by atomic mass is 9.99. The van der Waals surface area contributed by atoms with E-state index in [2.05, 4.69) is 9.94 Å². The van der Waals surface area contributed by atoms with Gasteiger partial charge in [0.1, 0.15) is 17.6 Å². The van der Waals surface area contributed by atoms with E-state index < -0.39 is 42.5 Å². The van der Waals surface area contributed by atoms with Gasteiger partial charge < -0.3 is 10.8 Å². The molecule has 0 aliphatic carbocycles. The highest BCUT2D eigenvalue weighted by Gasteiger charge is 2.40. The molecule has 25 heavy (non-hydrogen) atoms. The third kappa shape index (κ3) is 3.42. The van der Waals surface area contributed by atoms with Crippen molar-refractivity contribution in [1.29, 1.82) is 0 Å². The SMILES string of the molecule is [2H]C([2H])([2H])C(n1nc(-c2ccc(C(C)C(=O)O)cc2)c([N+]#[C-])c1N)C(F)(F)F. The molecule has 1 aromatic carbocycles. The summed E-state index contributed by atoms with van der Waals surface area (Å²) in [5, 5.41) is 12.7. The molecule has 0 radical (unpaired) electrons. The van der Waals surface area contributed by atoms with Gasteiger partial charge in [-0.3, -0.25) is 4.79 Å². The molecule has 3 N–H and O–H groups in total. The minimum Gasteiger partial charge on any atom is -0.481 e. The van der Waals surface area contributed by atoms with Gasteiger partial charge in [-0.2, -0.15) is 18.3 Å². The van der Waals surface area contributed by atoms with Crippen LogP contribution < -0.4 is 5.73 Å². The van der Waals surface area contributed by atoms with E-state index >= 15 is 0 Å². The first kappa shape index (κ1) is 14.3. The van der Waals surface area contributed by atoms with E-state index in [4.69, 9.17) is 21.5 Å². The molecule has 0 saturated carbocycles. The Morgan fingerprint density at radius 3 is 2.48 bits per heavy atom. The number of aliphatic carboxylic acids is 1. The second-order valence-corrected chi connectivity index (χ2v) is 5.26. The number of carbonyl (C=O) groups is 1. The molecule has 2 aromatic rings. The molecule has 0 aliphatic heterocycles. The molecule has 2 rings (SSSR count). The van der Waals surface area contributed by atoms with Gasteiger partial charge in [-0.1, -0.05) is 24.3 Å². The Hall–Kier alpha value is -3.02. The van der Waals surface area contributed by atoms with Crippen LogP contribution in [0.5, 0.6) is 0 Å². The molecule has 1 heterocycles. The summed E-state index contributed by atoms with van der Waals surface area (Å²) in [5.41, 5.74) is 5.61. The van der Waals surface area contributed by atoms with Crippen molar-refractivity contribution in [3.8, 4) is 11.3 Å². The van der Waals surface area contributed by atoms with Crippen LogP contribution >= 0.6 is 0 Å². The van der Waals surface area contributed by atoms with Gasteiger partial charge in [0.05, 0.1) is 12.5 Å². The van der Waals surface area contributed by atoms with Crippen molar-refractivity contribution in [2.75, 3.05) is 5.73 Å². The summed E-state index contributed by atoms with van der Waals surface area (Å²) in [6, 6.07) is 2.62. The van der Waals surface area contributed by atoms with Crippen LogP contribution in [0.1, 0.15) is 35.4 Å². The molecule has 0 aliphatic rings. The quantitative estimate of drug-likeness (QED) is 0.812. The molecule has 6 nitrogen and oxygen atoms in total. The third-order valence-electron chi connectivity index (χ3n) is 3.64. The van der Waals surface area contributed by atoms with E-state index in [0.717, 1.165) is 0 Å². The zero-order valence-electron chi connectivity index (χ0n) is 15.9. The maximum absolute atomic E-state index is 13.3. The van der Waals surface area contributed by atoms with Crippen molar-refractivity contribution in [1.82, 2.24) is 9.78 Å². The Bertz CT molecular complexity index is 917. The van der Waals surface area contributed by atoms with E-state index in [0.29, 0.717) is 5.56 Å². The number of halogens is 3. The number of carboxylic acid groups (broad SMARTS) is 1. The van der Waals surface area contributed by atoms with Crippen molar-refractivity contribution < 1.29 is 27.2 Å². The van der Waals surface area contributed by atoms with Crippen LogP contribution in [0.25, 0.3) is 16.1 Å². The summed E-state index contributed by atoms with van der Waals surface area (Å²) >= 11 is 0. The Kier molecular flexibility index (Phi) is 3.71. The van der Waals surface area contributed by atoms with Gasteiger partial charge in [0.25, 0.3) is 5.69 Å². The first-order valence-corrected chi connectivity index (χ1v) is 6.94. The predicted molar refractivity (Wildman–Crippen MR) is 85.2 cm³/mol. The van der Waals surface area contributed by atoms with Crippen LogP contribution in [-0.4, -0.2) is 27.0 Å².